The minimum Gasteiger partial charge on any atom is -0.404 e. The predicted molar refractivity (Wildman–Crippen MR) is 64.0 cm³/mol. The second-order valence-corrected chi connectivity index (χ2v) is 3.95. The summed E-state index contributed by atoms with van der Waals surface area (Å²) in [5.74, 6) is 0.327. The van der Waals surface area contributed by atoms with Crippen LogP contribution in [-0.2, 0) is 13.1 Å². The lowest BCUT2D eigenvalue weighted by atomic mass is 10.4. The largest absolute Gasteiger partial charge is 0.433 e. The lowest BCUT2D eigenvalue weighted by Crippen LogP contribution is -2.19. The van der Waals surface area contributed by atoms with Gasteiger partial charge in [0.2, 0.25) is 0 Å². The van der Waals surface area contributed by atoms with E-state index in [1.807, 2.05) is 17.8 Å². The van der Waals surface area contributed by atoms with Crippen LogP contribution in [0.1, 0.15) is 11.3 Å². The van der Waals surface area contributed by atoms with Gasteiger partial charge in [0.1, 0.15) is 10.7 Å². The fraction of sp³-hybridized carbons (Fsp3) is 0.364. The summed E-state index contributed by atoms with van der Waals surface area (Å²) in [5.41, 5.74) is 1.12. The normalized spacial score (nSPS) is 10.7. The molecule has 0 unspecified atom stereocenters. The number of nitro groups is 1. The summed E-state index contributed by atoms with van der Waals surface area (Å²) in [6, 6.07) is 2.96. The maximum atomic E-state index is 10.4. The molecule has 0 fully saturated rings. The third-order valence-electron chi connectivity index (χ3n) is 2.41. The number of aromatic nitrogens is 2. The van der Waals surface area contributed by atoms with E-state index < -0.39 is 4.92 Å². The van der Waals surface area contributed by atoms with Gasteiger partial charge >= 0.3 is 5.88 Å². The van der Waals surface area contributed by atoms with Gasteiger partial charge < -0.3 is 9.73 Å². The average molecular weight is 250 g/mol. The van der Waals surface area contributed by atoms with Crippen LogP contribution in [0.2, 0.25) is 0 Å². The van der Waals surface area contributed by atoms with Crippen molar-refractivity contribution in [1.29, 1.82) is 0 Å². The van der Waals surface area contributed by atoms with Crippen molar-refractivity contribution in [3.8, 4) is 0 Å². The molecule has 0 spiro atoms. The highest BCUT2D eigenvalue weighted by Crippen LogP contribution is 2.14. The summed E-state index contributed by atoms with van der Waals surface area (Å²) in [5, 5.41) is 17.7. The highest BCUT2D eigenvalue weighted by Gasteiger charge is 2.10. The van der Waals surface area contributed by atoms with Gasteiger partial charge in [0.25, 0.3) is 0 Å². The molecule has 0 saturated carbocycles. The van der Waals surface area contributed by atoms with Gasteiger partial charge in [0.15, 0.2) is 0 Å². The Morgan fingerprint density at radius 2 is 2.39 bits per heavy atom. The van der Waals surface area contributed by atoms with Gasteiger partial charge in [0, 0.05) is 12.7 Å². The summed E-state index contributed by atoms with van der Waals surface area (Å²) in [4.78, 5) is 9.87. The van der Waals surface area contributed by atoms with Gasteiger partial charge in [-0.1, -0.05) is 0 Å². The SMILES string of the molecule is Cc1cnn(CCNCc2ccc([N+](=O)[O-])o2)c1. The second-order valence-electron chi connectivity index (χ2n) is 3.95. The Balaban J connectivity index is 1.73. The zero-order valence-electron chi connectivity index (χ0n) is 10.00. The highest BCUT2D eigenvalue weighted by molar-refractivity contribution is 5.17. The summed E-state index contributed by atoms with van der Waals surface area (Å²) in [7, 11) is 0. The van der Waals surface area contributed by atoms with Crippen LogP contribution in [0.4, 0.5) is 5.88 Å². The monoisotopic (exact) mass is 250 g/mol. The van der Waals surface area contributed by atoms with Crippen molar-refractivity contribution in [2.45, 2.75) is 20.0 Å². The van der Waals surface area contributed by atoms with E-state index in [1.54, 1.807) is 12.3 Å². The lowest BCUT2D eigenvalue weighted by molar-refractivity contribution is -0.402. The molecule has 0 aliphatic carbocycles. The fourth-order valence-corrected chi connectivity index (χ4v) is 1.55. The Morgan fingerprint density at radius 3 is 3.00 bits per heavy atom. The summed E-state index contributed by atoms with van der Waals surface area (Å²) in [6.07, 6.45) is 3.76. The van der Waals surface area contributed by atoms with Crippen molar-refractivity contribution >= 4 is 5.88 Å². The molecule has 0 atom stereocenters. The Hall–Kier alpha value is -2.15. The van der Waals surface area contributed by atoms with Gasteiger partial charge in [-0.25, -0.2) is 0 Å². The number of nitrogens with zero attached hydrogens (tertiary/aromatic N) is 3. The first-order valence-corrected chi connectivity index (χ1v) is 5.58. The van der Waals surface area contributed by atoms with Gasteiger partial charge in [-0.2, -0.15) is 5.10 Å². The van der Waals surface area contributed by atoms with Crippen LogP contribution >= 0.6 is 0 Å². The number of furan rings is 1. The topological polar surface area (TPSA) is 86.1 Å². The highest BCUT2D eigenvalue weighted by atomic mass is 16.6. The molecule has 2 aromatic rings. The van der Waals surface area contributed by atoms with Gasteiger partial charge in [0.05, 0.1) is 25.4 Å². The van der Waals surface area contributed by atoms with E-state index in [0.717, 1.165) is 18.7 Å². The molecule has 18 heavy (non-hydrogen) atoms. The predicted octanol–water partition coefficient (Wildman–Crippen LogP) is 1.48. The van der Waals surface area contributed by atoms with Crippen molar-refractivity contribution in [3.63, 3.8) is 0 Å². The van der Waals surface area contributed by atoms with Gasteiger partial charge in [-0.05, 0) is 18.6 Å². The molecule has 7 heteroatoms. The van der Waals surface area contributed by atoms with Crippen molar-refractivity contribution < 1.29 is 9.34 Å². The molecular formula is C11H14N4O3. The van der Waals surface area contributed by atoms with Crippen molar-refractivity contribution in [3.05, 3.63) is 46.0 Å². The van der Waals surface area contributed by atoms with Gasteiger partial charge in [-0.15, -0.1) is 0 Å². The Morgan fingerprint density at radius 1 is 1.56 bits per heavy atom. The maximum absolute atomic E-state index is 10.4. The smallest absolute Gasteiger partial charge is 0.404 e. The minimum absolute atomic E-state index is 0.227. The molecule has 0 amide bonds. The third-order valence-corrected chi connectivity index (χ3v) is 2.41. The molecular weight excluding hydrogens is 236 g/mol. The van der Waals surface area contributed by atoms with E-state index in [-0.39, 0.29) is 5.88 Å². The average Bonchev–Trinajstić information content (AvgIpc) is 2.93. The molecule has 2 aromatic heterocycles. The second kappa shape index (κ2) is 5.46. The minimum atomic E-state index is -0.546. The molecule has 0 saturated heterocycles. The van der Waals surface area contributed by atoms with Crippen LogP contribution in [0.15, 0.2) is 28.9 Å². The quantitative estimate of drug-likeness (QED) is 0.476. The summed E-state index contributed by atoms with van der Waals surface area (Å²) >= 11 is 0. The van der Waals surface area contributed by atoms with Crippen LogP contribution in [-0.4, -0.2) is 21.2 Å². The van der Waals surface area contributed by atoms with E-state index in [2.05, 4.69) is 10.4 Å². The zero-order valence-corrected chi connectivity index (χ0v) is 10.00. The Bertz CT molecular complexity index is 532. The maximum Gasteiger partial charge on any atom is 0.433 e. The first-order chi connectivity index (χ1) is 8.65. The number of rotatable bonds is 6. The van der Waals surface area contributed by atoms with Crippen LogP contribution in [0.25, 0.3) is 0 Å². The molecule has 96 valence electrons. The molecule has 0 aliphatic rings. The van der Waals surface area contributed by atoms with Crippen LogP contribution in [0.5, 0.6) is 0 Å². The summed E-state index contributed by atoms with van der Waals surface area (Å²) in [6.45, 7) is 3.92. The Labute approximate surface area is 104 Å². The number of aryl methyl sites for hydroxylation is 1. The van der Waals surface area contributed by atoms with E-state index in [0.29, 0.717) is 12.3 Å². The number of hydrogen-bond acceptors (Lipinski definition) is 5. The summed E-state index contributed by atoms with van der Waals surface area (Å²) < 4.78 is 6.86. The van der Waals surface area contributed by atoms with E-state index >= 15 is 0 Å². The van der Waals surface area contributed by atoms with Gasteiger partial charge in [-0.3, -0.25) is 14.8 Å². The molecule has 0 aliphatic heterocycles. The molecule has 2 heterocycles. The number of hydrogen-bond donors (Lipinski definition) is 1. The van der Waals surface area contributed by atoms with Crippen molar-refractivity contribution in [2.24, 2.45) is 0 Å². The number of nitrogens with one attached hydrogen (secondary N) is 1. The standard InChI is InChI=1S/C11H14N4O3/c1-9-6-13-14(8-9)5-4-12-7-10-2-3-11(18-10)15(16)17/h2-3,6,8,12H,4-5,7H2,1H3. The molecule has 0 radical (unpaired) electrons. The van der Waals surface area contributed by atoms with Crippen LogP contribution in [0.3, 0.4) is 0 Å². The van der Waals surface area contributed by atoms with Crippen molar-refractivity contribution in [1.82, 2.24) is 15.1 Å². The van der Waals surface area contributed by atoms with Crippen LogP contribution in [0, 0.1) is 17.0 Å². The lowest BCUT2D eigenvalue weighted by Gasteiger charge is -2.02. The third kappa shape index (κ3) is 3.17. The molecule has 0 aromatic carbocycles. The first-order valence-electron chi connectivity index (χ1n) is 5.58. The molecule has 0 bridgehead atoms. The molecule has 1 N–H and O–H groups in total. The first kappa shape index (κ1) is 12.3. The van der Waals surface area contributed by atoms with E-state index in [9.17, 15) is 10.1 Å². The zero-order chi connectivity index (χ0) is 13.0. The Kier molecular flexibility index (Phi) is 3.73. The van der Waals surface area contributed by atoms with E-state index in [1.165, 1.54) is 6.07 Å². The molecule has 7 nitrogen and oxygen atoms in total. The van der Waals surface area contributed by atoms with Crippen molar-refractivity contribution in [2.75, 3.05) is 6.54 Å². The fourth-order valence-electron chi connectivity index (χ4n) is 1.55. The van der Waals surface area contributed by atoms with E-state index in [4.69, 9.17) is 4.42 Å². The van der Waals surface area contributed by atoms with Crippen LogP contribution < -0.4 is 5.32 Å². The molecule has 2 rings (SSSR count).